The van der Waals surface area contributed by atoms with Crippen molar-refractivity contribution < 1.29 is 0 Å². The van der Waals surface area contributed by atoms with Gasteiger partial charge in [-0.3, -0.25) is 9.25 Å². The first-order chi connectivity index (χ1) is 10.0. The molecule has 0 saturated carbocycles. The van der Waals surface area contributed by atoms with Crippen LogP contribution in [-0.4, -0.2) is 19.3 Å². The molecule has 2 heterocycles. The summed E-state index contributed by atoms with van der Waals surface area (Å²) in [6.45, 7) is 4.04. The Morgan fingerprint density at radius 2 is 2.14 bits per heavy atom. The molecule has 6 heteroatoms. The Bertz CT molecular complexity index is 803. The van der Waals surface area contributed by atoms with E-state index in [1.165, 1.54) is 0 Å². The van der Waals surface area contributed by atoms with Gasteiger partial charge in [-0.1, -0.05) is 22.9 Å². The highest BCUT2D eigenvalue weighted by molar-refractivity contribution is 9.10. The first kappa shape index (κ1) is 14.6. The Labute approximate surface area is 136 Å². The normalized spacial score (nSPS) is 13.0. The third-order valence-electron chi connectivity index (χ3n) is 3.46. The predicted octanol–water partition coefficient (Wildman–Crippen LogP) is 4.38. The molecule has 0 aliphatic rings. The van der Waals surface area contributed by atoms with Crippen LogP contribution in [0.4, 0.5) is 0 Å². The van der Waals surface area contributed by atoms with Gasteiger partial charge in [-0.15, -0.1) is 11.6 Å². The maximum absolute atomic E-state index is 6.35. The van der Waals surface area contributed by atoms with E-state index in [1.54, 1.807) is 0 Å². The van der Waals surface area contributed by atoms with E-state index in [-0.39, 0.29) is 5.38 Å². The van der Waals surface area contributed by atoms with Crippen LogP contribution < -0.4 is 0 Å². The topological polar surface area (TPSA) is 35.6 Å². The fourth-order valence-electron chi connectivity index (χ4n) is 2.55. The van der Waals surface area contributed by atoms with Gasteiger partial charge in [-0.25, -0.2) is 4.98 Å². The van der Waals surface area contributed by atoms with E-state index in [9.17, 15) is 0 Å². The van der Waals surface area contributed by atoms with Crippen molar-refractivity contribution in [2.75, 3.05) is 0 Å². The van der Waals surface area contributed by atoms with Gasteiger partial charge in [0.1, 0.15) is 5.82 Å². The van der Waals surface area contributed by atoms with Crippen LogP contribution >= 0.6 is 27.5 Å². The maximum atomic E-state index is 6.35. The molecule has 0 bridgehead atoms. The molecule has 0 radical (unpaired) electrons. The third-order valence-corrected chi connectivity index (χ3v) is 4.15. The number of halogens is 2. The molecule has 4 nitrogen and oxygen atoms in total. The van der Waals surface area contributed by atoms with Crippen LogP contribution in [0.3, 0.4) is 0 Å². The number of hydrogen-bond donors (Lipinski definition) is 0. The van der Waals surface area contributed by atoms with Gasteiger partial charge in [0.05, 0.1) is 27.8 Å². The van der Waals surface area contributed by atoms with Crippen molar-refractivity contribution in [3.8, 4) is 5.69 Å². The van der Waals surface area contributed by atoms with Crippen molar-refractivity contribution >= 4 is 38.6 Å². The summed E-state index contributed by atoms with van der Waals surface area (Å²) >= 11 is 9.84. The highest BCUT2D eigenvalue weighted by atomic mass is 79.9. The fourth-order valence-corrected chi connectivity index (χ4v) is 3.05. The number of hydrogen-bond acceptors (Lipinski definition) is 2. The summed E-state index contributed by atoms with van der Waals surface area (Å²) in [7, 11) is 1.93. The zero-order valence-corrected chi connectivity index (χ0v) is 14.5. The van der Waals surface area contributed by atoms with E-state index in [0.717, 1.165) is 39.1 Å². The van der Waals surface area contributed by atoms with Crippen molar-refractivity contribution in [2.45, 2.75) is 25.6 Å². The number of alkyl halides is 1. The highest BCUT2D eigenvalue weighted by Crippen LogP contribution is 2.30. The fraction of sp³-hybridized carbons (Fsp3) is 0.333. The summed E-state index contributed by atoms with van der Waals surface area (Å²) in [6, 6.07) is 6.09. The van der Waals surface area contributed by atoms with E-state index in [2.05, 4.69) is 38.6 Å². The quantitative estimate of drug-likeness (QED) is 0.644. The van der Waals surface area contributed by atoms with Gasteiger partial charge in [-0.2, -0.15) is 5.10 Å². The zero-order valence-electron chi connectivity index (χ0n) is 12.1. The van der Waals surface area contributed by atoms with Crippen LogP contribution in [0.1, 0.15) is 30.7 Å². The van der Waals surface area contributed by atoms with Crippen LogP contribution in [0.25, 0.3) is 16.7 Å². The van der Waals surface area contributed by atoms with Gasteiger partial charge in [0.15, 0.2) is 0 Å². The predicted molar refractivity (Wildman–Crippen MR) is 89.2 cm³/mol. The van der Waals surface area contributed by atoms with E-state index < -0.39 is 0 Å². The lowest BCUT2D eigenvalue weighted by Gasteiger charge is -2.09. The van der Waals surface area contributed by atoms with E-state index in [0.29, 0.717) is 0 Å². The molecule has 0 N–H and O–H groups in total. The number of aromatic nitrogens is 4. The monoisotopic (exact) mass is 366 g/mol. The van der Waals surface area contributed by atoms with Crippen molar-refractivity contribution in [3.63, 3.8) is 0 Å². The lowest BCUT2D eigenvalue weighted by Crippen LogP contribution is -2.03. The minimum atomic E-state index is -0.180. The van der Waals surface area contributed by atoms with Gasteiger partial charge in [0.25, 0.3) is 0 Å². The van der Waals surface area contributed by atoms with Gasteiger partial charge in [0, 0.05) is 17.7 Å². The standard InChI is InChI=1S/C15H16BrClN4/c1-4-11-14(8-20(3)19-11)21-13-6-5-10(16)7-12(13)18-15(21)9(2)17/h5-9H,4H2,1-3H3. The molecule has 0 spiro atoms. The molecule has 21 heavy (non-hydrogen) atoms. The van der Waals surface area contributed by atoms with Gasteiger partial charge in [0.2, 0.25) is 0 Å². The second kappa shape index (κ2) is 5.46. The first-order valence-electron chi connectivity index (χ1n) is 6.86. The molecule has 0 fully saturated rings. The second-order valence-corrected chi connectivity index (χ2v) is 6.61. The molecule has 0 saturated heterocycles. The zero-order chi connectivity index (χ0) is 15.1. The smallest absolute Gasteiger partial charge is 0.132 e. The number of imidazole rings is 1. The molecule has 1 unspecified atom stereocenters. The van der Waals surface area contributed by atoms with E-state index in [4.69, 9.17) is 16.6 Å². The molecule has 0 aliphatic heterocycles. The SMILES string of the molecule is CCc1nn(C)cc1-n1c(C(C)Cl)nc2cc(Br)ccc21. The third kappa shape index (κ3) is 2.49. The Morgan fingerprint density at radius 3 is 2.81 bits per heavy atom. The van der Waals surface area contributed by atoms with Crippen LogP contribution in [0.5, 0.6) is 0 Å². The number of benzene rings is 1. The average molecular weight is 368 g/mol. The Kier molecular flexibility index (Phi) is 3.80. The van der Waals surface area contributed by atoms with E-state index >= 15 is 0 Å². The summed E-state index contributed by atoms with van der Waals surface area (Å²) in [4.78, 5) is 4.70. The Balaban J connectivity index is 2.36. The Hall–Kier alpha value is -1.33. The summed E-state index contributed by atoms with van der Waals surface area (Å²) in [5.41, 5.74) is 4.06. The van der Waals surface area contributed by atoms with Crippen LogP contribution in [-0.2, 0) is 13.5 Å². The minimum absolute atomic E-state index is 0.180. The average Bonchev–Trinajstić information content (AvgIpc) is 2.97. The molecule has 0 aliphatic carbocycles. The van der Waals surface area contributed by atoms with Gasteiger partial charge < -0.3 is 0 Å². The summed E-state index contributed by atoms with van der Waals surface area (Å²) in [6.07, 6.45) is 2.88. The number of rotatable bonds is 3. The summed E-state index contributed by atoms with van der Waals surface area (Å²) in [5, 5.41) is 4.35. The van der Waals surface area contributed by atoms with Crippen molar-refractivity contribution in [2.24, 2.45) is 7.05 Å². The van der Waals surface area contributed by atoms with E-state index in [1.807, 2.05) is 37.0 Å². The largest absolute Gasteiger partial charge is 0.292 e. The number of aryl methyl sites for hydroxylation is 2. The molecule has 2 aromatic heterocycles. The summed E-state index contributed by atoms with van der Waals surface area (Å²) < 4.78 is 4.96. The molecule has 3 aromatic rings. The second-order valence-electron chi connectivity index (χ2n) is 5.04. The molecular formula is C15H16BrClN4. The lowest BCUT2D eigenvalue weighted by molar-refractivity contribution is 0.746. The molecule has 110 valence electrons. The maximum Gasteiger partial charge on any atom is 0.132 e. The molecule has 3 rings (SSSR count). The first-order valence-corrected chi connectivity index (χ1v) is 8.09. The van der Waals surface area contributed by atoms with Crippen LogP contribution in [0.15, 0.2) is 28.9 Å². The van der Waals surface area contributed by atoms with Gasteiger partial charge in [-0.05, 0) is 31.5 Å². The van der Waals surface area contributed by atoms with Crippen LogP contribution in [0.2, 0.25) is 0 Å². The molecule has 1 aromatic carbocycles. The molecule has 1 atom stereocenters. The van der Waals surface area contributed by atoms with Crippen molar-refractivity contribution in [1.29, 1.82) is 0 Å². The minimum Gasteiger partial charge on any atom is -0.292 e. The highest BCUT2D eigenvalue weighted by Gasteiger charge is 2.19. The van der Waals surface area contributed by atoms with Crippen molar-refractivity contribution in [3.05, 3.63) is 40.4 Å². The molecular weight excluding hydrogens is 352 g/mol. The molecule has 0 amide bonds. The Morgan fingerprint density at radius 1 is 1.38 bits per heavy atom. The number of fused-ring (bicyclic) bond motifs is 1. The lowest BCUT2D eigenvalue weighted by atomic mass is 10.2. The van der Waals surface area contributed by atoms with Gasteiger partial charge >= 0.3 is 0 Å². The van der Waals surface area contributed by atoms with Crippen LogP contribution in [0, 0.1) is 0 Å². The number of nitrogens with zero attached hydrogens (tertiary/aromatic N) is 4. The van der Waals surface area contributed by atoms with Crippen molar-refractivity contribution in [1.82, 2.24) is 19.3 Å². The summed E-state index contributed by atoms with van der Waals surface area (Å²) in [5.74, 6) is 0.840.